The van der Waals surface area contributed by atoms with Crippen LogP contribution in [0.4, 0.5) is 0 Å². The summed E-state index contributed by atoms with van der Waals surface area (Å²) >= 11 is 0. The maximum absolute atomic E-state index is 11.9. The minimum atomic E-state index is -0.0844. The van der Waals surface area contributed by atoms with Crippen LogP contribution in [0, 0.1) is 0 Å². The fourth-order valence-corrected chi connectivity index (χ4v) is 2.31. The fraction of sp³-hybridized carbons (Fsp3) is 0.214. The van der Waals surface area contributed by atoms with Crippen molar-refractivity contribution in [2.24, 2.45) is 5.73 Å². The Morgan fingerprint density at radius 2 is 2.22 bits per heavy atom. The van der Waals surface area contributed by atoms with Gasteiger partial charge in [0.15, 0.2) is 0 Å². The average molecular weight is 241 g/mol. The Morgan fingerprint density at radius 3 is 3.06 bits per heavy atom. The Kier molecular flexibility index (Phi) is 2.64. The number of aromatic nitrogens is 2. The third-order valence-corrected chi connectivity index (χ3v) is 3.33. The summed E-state index contributed by atoms with van der Waals surface area (Å²) < 4.78 is 1.74. The predicted octanol–water partition coefficient (Wildman–Crippen LogP) is 1.54. The zero-order valence-electron chi connectivity index (χ0n) is 9.97. The molecule has 3 rings (SSSR count). The van der Waals surface area contributed by atoms with Crippen molar-refractivity contribution in [1.29, 1.82) is 0 Å². The number of nitrogens with one attached hydrogen (secondary N) is 1. The van der Waals surface area contributed by atoms with Crippen molar-refractivity contribution in [3.63, 3.8) is 0 Å². The highest BCUT2D eigenvalue weighted by atomic mass is 16.1. The zero-order chi connectivity index (χ0) is 12.5. The van der Waals surface area contributed by atoms with E-state index in [1.54, 1.807) is 4.57 Å². The van der Waals surface area contributed by atoms with Crippen LogP contribution >= 0.6 is 0 Å². The van der Waals surface area contributed by atoms with Gasteiger partial charge in [-0.15, -0.1) is 0 Å². The summed E-state index contributed by atoms with van der Waals surface area (Å²) in [5.74, 6) is 0. The van der Waals surface area contributed by atoms with Crippen molar-refractivity contribution in [2.75, 3.05) is 0 Å². The Labute approximate surface area is 104 Å². The van der Waals surface area contributed by atoms with Gasteiger partial charge in [-0.3, -0.25) is 4.57 Å². The summed E-state index contributed by atoms with van der Waals surface area (Å²) in [6.07, 6.45) is 6.88. The van der Waals surface area contributed by atoms with Crippen LogP contribution in [-0.4, -0.2) is 15.6 Å². The van der Waals surface area contributed by atoms with Crippen LogP contribution in [0.5, 0.6) is 0 Å². The second-order valence-electron chi connectivity index (χ2n) is 4.55. The molecular weight excluding hydrogens is 226 g/mol. The van der Waals surface area contributed by atoms with Crippen LogP contribution in [0.2, 0.25) is 0 Å². The lowest BCUT2D eigenvalue weighted by atomic mass is 10.00. The number of hydrogen-bond donors (Lipinski definition) is 2. The van der Waals surface area contributed by atoms with E-state index in [0.717, 1.165) is 23.0 Å². The number of imidazole rings is 1. The van der Waals surface area contributed by atoms with Crippen molar-refractivity contribution >= 4 is 11.0 Å². The third-order valence-electron chi connectivity index (χ3n) is 3.33. The molecule has 2 aromatic rings. The smallest absolute Gasteiger partial charge is 0.324 e. The first kappa shape index (κ1) is 11.0. The van der Waals surface area contributed by atoms with E-state index < -0.39 is 0 Å². The quantitative estimate of drug-likeness (QED) is 0.837. The van der Waals surface area contributed by atoms with Gasteiger partial charge >= 0.3 is 5.69 Å². The number of para-hydroxylation sites is 2. The molecule has 18 heavy (non-hydrogen) atoms. The van der Waals surface area contributed by atoms with Gasteiger partial charge in [0, 0.05) is 6.04 Å². The topological polar surface area (TPSA) is 63.8 Å². The van der Waals surface area contributed by atoms with Gasteiger partial charge in [-0.05, 0) is 24.1 Å². The number of H-pyrrole nitrogens is 1. The van der Waals surface area contributed by atoms with Crippen molar-refractivity contribution in [3.8, 4) is 0 Å². The zero-order valence-corrected chi connectivity index (χ0v) is 9.97. The van der Waals surface area contributed by atoms with Crippen molar-refractivity contribution < 1.29 is 0 Å². The lowest BCUT2D eigenvalue weighted by Gasteiger charge is -2.17. The molecule has 92 valence electrons. The monoisotopic (exact) mass is 241 g/mol. The van der Waals surface area contributed by atoms with Gasteiger partial charge < -0.3 is 10.7 Å². The van der Waals surface area contributed by atoms with Gasteiger partial charge in [0.25, 0.3) is 0 Å². The van der Waals surface area contributed by atoms with Crippen LogP contribution in [0.15, 0.2) is 52.9 Å². The first-order valence-electron chi connectivity index (χ1n) is 6.04. The average Bonchev–Trinajstić information content (AvgIpc) is 2.69. The van der Waals surface area contributed by atoms with Crippen LogP contribution in [-0.2, 0) is 6.54 Å². The Hall–Kier alpha value is -2.07. The maximum Gasteiger partial charge on any atom is 0.326 e. The molecule has 0 amide bonds. The summed E-state index contributed by atoms with van der Waals surface area (Å²) in [6, 6.07) is 7.70. The molecule has 4 nitrogen and oxygen atoms in total. The van der Waals surface area contributed by atoms with E-state index >= 15 is 0 Å². The molecule has 0 spiro atoms. The summed E-state index contributed by atoms with van der Waals surface area (Å²) in [4.78, 5) is 14.8. The maximum atomic E-state index is 11.9. The first-order valence-corrected chi connectivity index (χ1v) is 6.04. The molecule has 0 saturated heterocycles. The molecule has 4 heteroatoms. The van der Waals surface area contributed by atoms with Gasteiger partial charge in [-0.25, -0.2) is 4.79 Å². The van der Waals surface area contributed by atoms with E-state index in [4.69, 9.17) is 5.73 Å². The van der Waals surface area contributed by atoms with Crippen molar-refractivity contribution in [3.05, 3.63) is 58.6 Å². The number of fused-ring (bicyclic) bond motifs is 1. The Bertz CT molecular complexity index is 690. The molecule has 1 aromatic carbocycles. The second-order valence-corrected chi connectivity index (χ2v) is 4.55. The number of rotatable bonds is 2. The summed E-state index contributed by atoms with van der Waals surface area (Å²) in [5, 5.41) is 0. The SMILES string of the molecule is NC1CC=CC=C1Cn1c(=O)[nH]c2ccccc21. The van der Waals surface area contributed by atoms with E-state index in [-0.39, 0.29) is 11.7 Å². The van der Waals surface area contributed by atoms with Gasteiger partial charge in [0.1, 0.15) is 0 Å². The molecule has 1 heterocycles. The van der Waals surface area contributed by atoms with Crippen molar-refractivity contribution in [1.82, 2.24) is 9.55 Å². The number of nitrogens with zero attached hydrogens (tertiary/aromatic N) is 1. The van der Waals surface area contributed by atoms with Gasteiger partial charge in [-0.1, -0.05) is 30.4 Å². The molecule has 0 fully saturated rings. The van der Waals surface area contributed by atoms with E-state index in [0.29, 0.717) is 6.54 Å². The highest BCUT2D eigenvalue weighted by Crippen LogP contribution is 2.16. The minimum Gasteiger partial charge on any atom is -0.324 e. The molecular formula is C14H15N3O. The number of hydrogen-bond acceptors (Lipinski definition) is 2. The minimum absolute atomic E-state index is 0.00978. The number of aromatic amines is 1. The molecule has 0 radical (unpaired) electrons. The van der Waals surface area contributed by atoms with Crippen LogP contribution in [0.3, 0.4) is 0 Å². The lowest BCUT2D eigenvalue weighted by molar-refractivity contribution is 0.669. The van der Waals surface area contributed by atoms with Crippen molar-refractivity contribution in [2.45, 2.75) is 19.0 Å². The number of benzene rings is 1. The molecule has 1 aliphatic carbocycles. The highest BCUT2D eigenvalue weighted by Gasteiger charge is 2.13. The standard InChI is InChI=1S/C14H15N3O/c15-11-6-2-1-5-10(11)9-17-13-8-4-3-7-12(13)16-14(17)18/h1-5,7-8,11H,6,9,15H2,(H,16,18). The molecule has 1 aliphatic rings. The van der Waals surface area contributed by atoms with Crippen LogP contribution < -0.4 is 11.4 Å². The largest absolute Gasteiger partial charge is 0.326 e. The molecule has 0 aliphatic heterocycles. The molecule has 1 unspecified atom stereocenters. The summed E-state index contributed by atoms with van der Waals surface area (Å²) in [6.45, 7) is 0.550. The normalized spacial score (nSPS) is 19.2. The second kappa shape index (κ2) is 4.31. The molecule has 1 aromatic heterocycles. The van der Waals surface area contributed by atoms with E-state index in [1.807, 2.05) is 42.5 Å². The van der Waals surface area contributed by atoms with Crippen LogP contribution in [0.25, 0.3) is 11.0 Å². The molecule has 1 atom stereocenters. The van der Waals surface area contributed by atoms with E-state index in [9.17, 15) is 4.79 Å². The van der Waals surface area contributed by atoms with Crippen LogP contribution in [0.1, 0.15) is 6.42 Å². The Balaban J connectivity index is 2.05. The molecule has 3 N–H and O–H groups in total. The van der Waals surface area contributed by atoms with Gasteiger partial charge in [0.2, 0.25) is 0 Å². The fourth-order valence-electron chi connectivity index (χ4n) is 2.31. The predicted molar refractivity (Wildman–Crippen MR) is 72.4 cm³/mol. The van der Waals surface area contributed by atoms with E-state index in [1.165, 1.54) is 0 Å². The van der Waals surface area contributed by atoms with Gasteiger partial charge in [0.05, 0.1) is 17.6 Å². The summed E-state index contributed by atoms with van der Waals surface area (Å²) in [5.41, 5.74) is 8.83. The Morgan fingerprint density at radius 1 is 1.39 bits per heavy atom. The number of allylic oxidation sites excluding steroid dienone is 2. The van der Waals surface area contributed by atoms with E-state index in [2.05, 4.69) is 4.98 Å². The molecule has 0 bridgehead atoms. The molecule has 0 saturated carbocycles. The lowest BCUT2D eigenvalue weighted by Crippen LogP contribution is -2.28. The summed E-state index contributed by atoms with van der Waals surface area (Å²) in [7, 11) is 0. The first-order chi connectivity index (χ1) is 8.75. The third kappa shape index (κ3) is 1.80. The van der Waals surface area contributed by atoms with Gasteiger partial charge in [-0.2, -0.15) is 0 Å². The number of nitrogens with two attached hydrogens (primary N) is 1. The highest BCUT2D eigenvalue weighted by molar-refractivity contribution is 5.75.